The zero-order valence-corrected chi connectivity index (χ0v) is 36.3. The van der Waals surface area contributed by atoms with E-state index in [-0.39, 0.29) is 35.9 Å². The molecule has 4 aliphatic rings. The van der Waals surface area contributed by atoms with Crippen LogP contribution >= 0.6 is 0 Å². The number of imidazole rings is 2. The highest BCUT2D eigenvalue weighted by Crippen LogP contribution is 2.49. The Morgan fingerprint density at radius 1 is 0.922 bits per heavy atom. The molecule has 6 atom stereocenters. The first-order chi connectivity index (χ1) is 31.0. The first kappa shape index (κ1) is 41.1. The van der Waals surface area contributed by atoms with Gasteiger partial charge in [-0.1, -0.05) is 68.8 Å². The van der Waals surface area contributed by atoms with Crippen molar-refractivity contribution in [3.63, 3.8) is 0 Å². The molecule has 3 aliphatic heterocycles. The summed E-state index contributed by atoms with van der Waals surface area (Å²) in [6.45, 7) is 4.74. The number of aromatic amines is 2. The summed E-state index contributed by atoms with van der Waals surface area (Å²) in [5, 5.41) is 14.6. The van der Waals surface area contributed by atoms with Gasteiger partial charge in [0.1, 0.15) is 36.1 Å². The third-order valence-electron chi connectivity index (χ3n) is 14.0. The maximum Gasteiger partial charge on any atom is 0.407 e. The maximum absolute atomic E-state index is 14.3. The van der Waals surface area contributed by atoms with E-state index in [1.54, 1.807) is 23.2 Å². The smallest absolute Gasteiger partial charge is 0.407 e. The van der Waals surface area contributed by atoms with Gasteiger partial charge in [0.15, 0.2) is 0 Å². The summed E-state index contributed by atoms with van der Waals surface area (Å²) in [5.41, 5.74) is 7.15. The summed E-state index contributed by atoms with van der Waals surface area (Å²) in [4.78, 5) is 74.6. The quantitative estimate of drug-likeness (QED) is 0.111. The van der Waals surface area contributed by atoms with Gasteiger partial charge in [0.25, 0.3) is 5.91 Å². The Morgan fingerprint density at radius 2 is 1.75 bits per heavy atom. The van der Waals surface area contributed by atoms with E-state index in [2.05, 4.69) is 51.7 Å². The Bertz CT molecular complexity index is 2800. The van der Waals surface area contributed by atoms with Gasteiger partial charge in [-0.3, -0.25) is 14.5 Å². The molecule has 4 aromatic carbocycles. The largest absolute Gasteiger partial charge is 0.488 e. The van der Waals surface area contributed by atoms with Crippen molar-refractivity contribution in [3.8, 4) is 28.1 Å². The van der Waals surface area contributed by atoms with Gasteiger partial charge < -0.3 is 39.7 Å². The number of hydrogen-bond donors (Lipinski definition) is 4. The molecule has 64 heavy (non-hydrogen) atoms. The number of carbonyl (C=O) groups is 4. The van der Waals surface area contributed by atoms with Gasteiger partial charge in [0.05, 0.1) is 42.1 Å². The number of H-pyrrole nitrogens is 2. The van der Waals surface area contributed by atoms with Crippen LogP contribution in [0.25, 0.3) is 44.2 Å². The molecule has 1 aliphatic carbocycles. The highest BCUT2D eigenvalue weighted by atomic mass is 16.5. The highest BCUT2D eigenvalue weighted by molar-refractivity contribution is 6.07. The van der Waals surface area contributed by atoms with E-state index in [0.29, 0.717) is 36.9 Å². The van der Waals surface area contributed by atoms with E-state index < -0.39 is 24.3 Å². The zero-order chi connectivity index (χ0) is 44.4. The second-order valence-corrected chi connectivity index (χ2v) is 18.0. The first-order valence-corrected chi connectivity index (χ1v) is 22.2. The molecule has 3 fully saturated rings. The van der Waals surface area contributed by atoms with Crippen LogP contribution in [0.3, 0.4) is 0 Å². The number of aromatic nitrogens is 4. The van der Waals surface area contributed by atoms with E-state index in [0.717, 1.165) is 98.3 Å². The summed E-state index contributed by atoms with van der Waals surface area (Å²) >= 11 is 0. The molecule has 1 saturated carbocycles. The molecule has 4 N–H and O–H groups in total. The van der Waals surface area contributed by atoms with Crippen LogP contribution in [0.4, 0.5) is 9.59 Å². The third kappa shape index (κ3) is 7.06. The number of fused-ring (bicyclic) bond motifs is 7. The third-order valence-corrected chi connectivity index (χ3v) is 14.0. The van der Waals surface area contributed by atoms with Crippen LogP contribution in [0.5, 0.6) is 5.75 Å². The lowest BCUT2D eigenvalue weighted by molar-refractivity contribution is -0.138. The number of likely N-dealkylation sites (N-methyl/N-ethyl adjacent to an activating group) is 1. The van der Waals surface area contributed by atoms with Gasteiger partial charge in [0.2, 0.25) is 5.91 Å². The van der Waals surface area contributed by atoms with Gasteiger partial charge in [0, 0.05) is 30.6 Å². The van der Waals surface area contributed by atoms with Crippen LogP contribution in [-0.2, 0) is 20.9 Å². The lowest BCUT2D eigenvalue weighted by Gasteiger charge is -2.33. The van der Waals surface area contributed by atoms with Crippen LogP contribution in [0, 0.1) is 11.8 Å². The fraction of sp³-hybridized carbons (Fsp3) is 0.388. The Balaban J connectivity index is 0.911. The molecule has 1 unspecified atom stereocenters. The van der Waals surface area contributed by atoms with Crippen molar-refractivity contribution in [2.24, 2.45) is 11.8 Å². The summed E-state index contributed by atoms with van der Waals surface area (Å²) in [6.07, 6.45) is 5.37. The SMILES string of the molecule is COC(=O)N[C@H](C(=O)N1[C@H](c2nc3c(ccc4cc5c(cc43)OCc3cc(-c4cnc(C6CCCN6C(=O)[C@@H](c6ccccc6)N(C)C(=O)O)[nH]4)ccc3-5)[nH]2)C[C@@H]2CCC[C@@H]21)C(C)C. The Hall–Kier alpha value is -6.90. The average Bonchev–Trinajstić information content (AvgIpc) is 4.16. The normalized spacial score (nSPS) is 21.0. The van der Waals surface area contributed by atoms with E-state index in [1.165, 1.54) is 14.2 Å². The number of likely N-dealkylation sites (tertiary alicyclic amines) is 2. The van der Waals surface area contributed by atoms with Crippen LogP contribution in [0.15, 0.2) is 79.0 Å². The molecule has 2 saturated heterocycles. The van der Waals surface area contributed by atoms with Crippen LogP contribution in [0.2, 0.25) is 0 Å². The van der Waals surface area contributed by atoms with Gasteiger partial charge in [-0.2, -0.15) is 0 Å². The molecule has 15 heteroatoms. The molecule has 2 aromatic heterocycles. The van der Waals surface area contributed by atoms with E-state index >= 15 is 0 Å². The molecule has 0 radical (unpaired) electrons. The maximum atomic E-state index is 14.3. The molecule has 4 amide bonds. The number of hydrogen-bond acceptors (Lipinski definition) is 8. The van der Waals surface area contributed by atoms with Gasteiger partial charge >= 0.3 is 12.2 Å². The number of nitrogens with zero attached hydrogens (tertiary/aromatic N) is 5. The molecule has 330 valence electrons. The van der Waals surface area contributed by atoms with Crippen molar-refractivity contribution < 1.29 is 33.8 Å². The summed E-state index contributed by atoms with van der Waals surface area (Å²) in [5.74, 6) is 2.05. The standard InChI is InChI=1S/C49H52N8O7/c1-26(2)41(54-48(60)63-4)46(58)57-37-13-8-12-30(37)22-39(57)45-51-35-18-16-28-21-34-32-17-15-29(20-31(32)25-64-40(34)23-33(28)42(35)53-45)36-24-50-44(52-36)38-14-9-19-56(38)47(59)43(55(3)49(61)62)27-10-6-5-7-11-27/h5-7,10-11,15-18,20-21,23-24,26,30,37-39,41,43H,8-9,12-14,19,22,25H2,1-4H3,(H,50,52)(H,51,53)(H,54,60)(H,61,62)/t30-,37-,38?,39-,41-,43+/m0/s1. The molecule has 10 rings (SSSR count). The first-order valence-electron chi connectivity index (χ1n) is 22.2. The van der Waals surface area contributed by atoms with Crippen LogP contribution in [-0.4, -0.2) is 96.5 Å². The lowest BCUT2D eigenvalue weighted by atomic mass is 9.92. The molecular formula is C49H52N8O7. The number of amides is 4. The summed E-state index contributed by atoms with van der Waals surface area (Å²) < 4.78 is 11.3. The minimum atomic E-state index is -1.17. The lowest BCUT2D eigenvalue weighted by Crippen LogP contribution is -2.53. The molecule has 15 nitrogen and oxygen atoms in total. The Morgan fingerprint density at radius 3 is 2.53 bits per heavy atom. The Labute approximate surface area is 370 Å². The van der Waals surface area contributed by atoms with Crippen molar-refractivity contribution in [1.82, 2.24) is 40.0 Å². The summed E-state index contributed by atoms with van der Waals surface area (Å²) in [6, 6.07) is 21.5. The number of carboxylic acid groups (broad SMARTS) is 1. The number of rotatable bonds is 9. The van der Waals surface area contributed by atoms with Crippen molar-refractivity contribution in [3.05, 3.63) is 102 Å². The van der Waals surface area contributed by atoms with Crippen LogP contribution in [0.1, 0.15) is 93.3 Å². The molecule has 0 spiro atoms. The number of nitrogens with one attached hydrogen (secondary N) is 3. The van der Waals surface area contributed by atoms with Gasteiger partial charge in [-0.05, 0) is 95.8 Å². The fourth-order valence-electron chi connectivity index (χ4n) is 10.7. The van der Waals surface area contributed by atoms with Crippen molar-refractivity contribution >= 4 is 45.8 Å². The topological polar surface area (TPSA) is 186 Å². The molecule has 6 aromatic rings. The number of ether oxygens (including phenoxy) is 2. The second-order valence-electron chi connectivity index (χ2n) is 18.0. The number of carbonyl (C=O) groups excluding carboxylic acids is 3. The molecule has 5 heterocycles. The van der Waals surface area contributed by atoms with Crippen molar-refractivity contribution in [1.29, 1.82) is 0 Å². The minimum absolute atomic E-state index is 0.0977. The van der Waals surface area contributed by atoms with Crippen molar-refractivity contribution in [2.45, 2.75) is 89.2 Å². The van der Waals surface area contributed by atoms with E-state index in [9.17, 15) is 24.3 Å². The zero-order valence-electron chi connectivity index (χ0n) is 36.3. The van der Waals surface area contributed by atoms with Gasteiger partial charge in [-0.15, -0.1) is 0 Å². The Kier molecular flexibility index (Phi) is 10.5. The second kappa shape index (κ2) is 16.3. The van der Waals surface area contributed by atoms with E-state index in [1.807, 2.05) is 43.0 Å². The van der Waals surface area contributed by atoms with E-state index in [4.69, 9.17) is 19.4 Å². The predicted octanol–water partition coefficient (Wildman–Crippen LogP) is 8.50. The van der Waals surface area contributed by atoms with Crippen molar-refractivity contribution in [2.75, 3.05) is 20.7 Å². The monoisotopic (exact) mass is 864 g/mol. The predicted molar refractivity (Wildman–Crippen MR) is 239 cm³/mol. The fourth-order valence-corrected chi connectivity index (χ4v) is 10.7. The summed E-state index contributed by atoms with van der Waals surface area (Å²) in [7, 11) is 2.74. The number of alkyl carbamates (subject to hydrolysis) is 1. The molecular weight excluding hydrogens is 813 g/mol. The highest BCUT2D eigenvalue weighted by Gasteiger charge is 2.49. The minimum Gasteiger partial charge on any atom is -0.488 e. The number of benzene rings is 4. The van der Waals surface area contributed by atoms with Crippen LogP contribution < -0.4 is 10.1 Å². The number of methoxy groups -OCH3 is 1. The average molecular weight is 865 g/mol. The van der Waals surface area contributed by atoms with Gasteiger partial charge in [-0.25, -0.2) is 19.6 Å². The molecule has 0 bridgehead atoms.